The number of para-hydroxylation sites is 2. The molecule has 0 fully saturated rings. The highest BCUT2D eigenvalue weighted by molar-refractivity contribution is 6.59. The molecule has 2 aromatic heterocycles. The smallest absolute Gasteiger partial charge is 0.423 e. The maximum absolute atomic E-state index is 10.0. The normalized spacial score (nSPS) is 11.5. The molecule has 0 aliphatic rings. The minimum absolute atomic E-state index is 0.148. The summed E-state index contributed by atoms with van der Waals surface area (Å²) in [6.45, 7) is 0. The molecule has 0 aliphatic heterocycles. The fourth-order valence-corrected chi connectivity index (χ4v) is 4.18. The molecule has 5 rings (SSSR count). The van der Waals surface area contributed by atoms with Crippen LogP contribution in [0.4, 0.5) is 0 Å². The molecule has 0 aliphatic carbocycles. The Balaban J connectivity index is 1.83. The highest BCUT2D eigenvalue weighted by Gasteiger charge is 2.27. The molecule has 28 heavy (non-hydrogen) atoms. The van der Waals surface area contributed by atoms with Crippen molar-refractivity contribution in [2.75, 3.05) is 0 Å². The second-order valence-electron chi connectivity index (χ2n) is 7.01. The monoisotopic (exact) mass is 366 g/mol. The van der Waals surface area contributed by atoms with E-state index in [-0.39, 0.29) is 5.92 Å². The summed E-state index contributed by atoms with van der Waals surface area (Å²) in [4.78, 5) is 6.72. The molecule has 0 unspecified atom stereocenters. The minimum atomic E-state index is -1.53. The number of hydrogen-bond donors (Lipinski definition) is 4. The lowest BCUT2D eigenvalue weighted by molar-refractivity contribution is 0.425. The molecule has 5 heteroatoms. The van der Waals surface area contributed by atoms with E-state index in [1.165, 1.54) is 0 Å². The van der Waals surface area contributed by atoms with Crippen molar-refractivity contribution in [3.63, 3.8) is 0 Å². The van der Waals surface area contributed by atoms with Crippen LogP contribution in [0.3, 0.4) is 0 Å². The van der Waals surface area contributed by atoms with Crippen LogP contribution in [0, 0.1) is 0 Å². The standard InChI is InChI=1S/C23H19BN2O2/c27-24(28)20-10-4-1-9-17(20)23(18-13-25-21-11-5-2-7-15(18)21)19-14-26-22-12-6-3-8-16(19)22/h1-14,23,25-28H. The third kappa shape index (κ3) is 2.64. The minimum Gasteiger partial charge on any atom is -0.423 e. The molecule has 0 saturated carbocycles. The molecular weight excluding hydrogens is 347 g/mol. The van der Waals surface area contributed by atoms with Crippen molar-refractivity contribution in [2.45, 2.75) is 5.92 Å². The first-order chi connectivity index (χ1) is 13.7. The first-order valence-electron chi connectivity index (χ1n) is 9.31. The summed E-state index contributed by atoms with van der Waals surface area (Å²) < 4.78 is 0. The van der Waals surface area contributed by atoms with Gasteiger partial charge in [-0.15, -0.1) is 0 Å². The lowest BCUT2D eigenvalue weighted by atomic mass is 9.71. The van der Waals surface area contributed by atoms with Gasteiger partial charge in [-0.05, 0) is 34.3 Å². The summed E-state index contributed by atoms with van der Waals surface area (Å²) in [5.41, 5.74) is 5.73. The summed E-state index contributed by atoms with van der Waals surface area (Å²) in [5.74, 6) is -0.148. The maximum atomic E-state index is 10.0. The molecule has 4 nitrogen and oxygen atoms in total. The SMILES string of the molecule is OB(O)c1ccccc1C(c1c[nH]c2ccccc12)c1c[nH]c2ccccc12. The maximum Gasteiger partial charge on any atom is 0.488 e. The Morgan fingerprint density at radius 1 is 0.607 bits per heavy atom. The number of fused-ring (bicyclic) bond motifs is 2. The number of aromatic amines is 2. The van der Waals surface area contributed by atoms with Gasteiger partial charge in [0.2, 0.25) is 0 Å². The van der Waals surface area contributed by atoms with Gasteiger partial charge >= 0.3 is 7.12 Å². The summed E-state index contributed by atoms with van der Waals surface area (Å²) >= 11 is 0. The predicted molar refractivity (Wildman–Crippen MR) is 114 cm³/mol. The zero-order valence-corrected chi connectivity index (χ0v) is 15.1. The Morgan fingerprint density at radius 2 is 1.11 bits per heavy atom. The van der Waals surface area contributed by atoms with E-state index in [1.54, 1.807) is 6.07 Å². The predicted octanol–water partition coefficient (Wildman–Crippen LogP) is 3.51. The third-order valence-corrected chi connectivity index (χ3v) is 5.45. The quantitative estimate of drug-likeness (QED) is 0.368. The Labute approximate surface area is 162 Å². The van der Waals surface area contributed by atoms with Crippen LogP contribution < -0.4 is 5.46 Å². The zero-order valence-electron chi connectivity index (χ0n) is 15.1. The van der Waals surface area contributed by atoms with Crippen molar-refractivity contribution < 1.29 is 10.0 Å². The Hall–Kier alpha value is -3.28. The molecule has 0 radical (unpaired) electrons. The summed E-state index contributed by atoms with van der Waals surface area (Å²) in [7, 11) is -1.53. The lowest BCUT2D eigenvalue weighted by Gasteiger charge is -2.20. The highest BCUT2D eigenvalue weighted by atomic mass is 16.4. The Kier molecular flexibility index (Phi) is 4.04. The van der Waals surface area contributed by atoms with Crippen molar-refractivity contribution >= 4 is 34.4 Å². The van der Waals surface area contributed by atoms with Gasteiger partial charge in [0.15, 0.2) is 0 Å². The van der Waals surface area contributed by atoms with E-state index in [9.17, 15) is 10.0 Å². The average Bonchev–Trinajstić information content (AvgIpc) is 3.34. The number of nitrogens with one attached hydrogen (secondary N) is 2. The van der Waals surface area contributed by atoms with E-state index in [1.807, 2.05) is 54.9 Å². The highest BCUT2D eigenvalue weighted by Crippen LogP contribution is 2.38. The summed E-state index contributed by atoms with van der Waals surface area (Å²) in [5, 5.41) is 22.3. The van der Waals surface area contributed by atoms with Crippen LogP contribution in [0.15, 0.2) is 85.2 Å². The van der Waals surface area contributed by atoms with E-state index in [0.29, 0.717) is 5.46 Å². The molecule has 0 amide bonds. The van der Waals surface area contributed by atoms with E-state index in [4.69, 9.17) is 0 Å². The summed E-state index contributed by atoms with van der Waals surface area (Å²) in [6.07, 6.45) is 4.05. The van der Waals surface area contributed by atoms with Gasteiger partial charge in [-0.1, -0.05) is 60.7 Å². The topological polar surface area (TPSA) is 72.0 Å². The van der Waals surface area contributed by atoms with E-state index >= 15 is 0 Å². The van der Waals surface area contributed by atoms with Crippen LogP contribution >= 0.6 is 0 Å². The van der Waals surface area contributed by atoms with Crippen molar-refractivity contribution in [2.24, 2.45) is 0 Å². The number of hydrogen-bond acceptors (Lipinski definition) is 2. The summed E-state index contributed by atoms with van der Waals surface area (Å²) in [6, 6.07) is 23.9. The van der Waals surface area contributed by atoms with Gasteiger partial charge in [0, 0.05) is 40.1 Å². The van der Waals surface area contributed by atoms with Gasteiger partial charge in [-0.3, -0.25) is 0 Å². The Morgan fingerprint density at radius 3 is 1.68 bits per heavy atom. The molecule has 3 aromatic carbocycles. The van der Waals surface area contributed by atoms with Crippen LogP contribution in [0.1, 0.15) is 22.6 Å². The second-order valence-corrected chi connectivity index (χ2v) is 7.01. The molecule has 2 heterocycles. The zero-order chi connectivity index (χ0) is 19.1. The molecule has 4 N–H and O–H groups in total. The molecule has 0 saturated heterocycles. The average molecular weight is 366 g/mol. The number of H-pyrrole nitrogens is 2. The van der Waals surface area contributed by atoms with E-state index < -0.39 is 7.12 Å². The third-order valence-electron chi connectivity index (χ3n) is 5.45. The van der Waals surface area contributed by atoms with Crippen LogP contribution in [0.5, 0.6) is 0 Å². The first kappa shape index (κ1) is 16.9. The van der Waals surface area contributed by atoms with Crippen LogP contribution in [0.2, 0.25) is 0 Å². The number of benzene rings is 3. The molecular formula is C23H19BN2O2. The number of rotatable bonds is 4. The van der Waals surface area contributed by atoms with E-state index in [2.05, 4.69) is 34.2 Å². The molecule has 0 bridgehead atoms. The van der Waals surface area contributed by atoms with Crippen molar-refractivity contribution in [1.82, 2.24) is 9.97 Å². The molecule has 0 atom stereocenters. The van der Waals surface area contributed by atoms with Gasteiger partial charge in [0.1, 0.15) is 0 Å². The van der Waals surface area contributed by atoms with Crippen molar-refractivity contribution in [3.05, 3.63) is 102 Å². The second kappa shape index (κ2) is 6.71. The van der Waals surface area contributed by atoms with Gasteiger partial charge in [-0.25, -0.2) is 0 Å². The van der Waals surface area contributed by atoms with Gasteiger partial charge in [-0.2, -0.15) is 0 Å². The van der Waals surface area contributed by atoms with E-state index in [0.717, 1.165) is 38.5 Å². The largest absolute Gasteiger partial charge is 0.488 e. The van der Waals surface area contributed by atoms with Crippen LogP contribution in [-0.4, -0.2) is 27.1 Å². The fourth-order valence-electron chi connectivity index (χ4n) is 4.18. The van der Waals surface area contributed by atoms with Gasteiger partial charge < -0.3 is 20.0 Å². The van der Waals surface area contributed by atoms with Crippen LogP contribution in [-0.2, 0) is 0 Å². The van der Waals surface area contributed by atoms with Crippen molar-refractivity contribution in [1.29, 1.82) is 0 Å². The first-order valence-corrected chi connectivity index (χ1v) is 9.31. The fraction of sp³-hybridized carbons (Fsp3) is 0.0435. The van der Waals surface area contributed by atoms with Gasteiger partial charge in [0.25, 0.3) is 0 Å². The Bertz CT molecular complexity index is 1200. The lowest BCUT2D eigenvalue weighted by Crippen LogP contribution is -2.34. The number of aromatic nitrogens is 2. The van der Waals surface area contributed by atoms with Crippen molar-refractivity contribution in [3.8, 4) is 0 Å². The van der Waals surface area contributed by atoms with Gasteiger partial charge in [0.05, 0.1) is 0 Å². The molecule has 0 spiro atoms. The van der Waals surface area contributed by atoms with Crippen LogP contribution in [0.25, 0.3) is 21.8 Å². The molecule has 5 aromatic rings. The molecule has 136 valence electrons.